The van der Waals surface area contributed by atoms with Crippen molar-refractivity contribution in [3.05, 3.63) is 29.3 Å². The molecular formula is C15H24N2. The fraction of sp³-hybridized carbons (Fsp3) is 0.600. The number of para-hydroxylation sites is 1. The highest BCUT2D eigenvalue weighted by molar-refractivity contribution is 5.59. The van der Waals surface area contributed by atoms with Crippen molar-refractivity contribution in [3.63, 3.8) is 0 Å². The Bertz CT molecular complexity index is 369. The zero-order valence-electron chi connectivity index (χ0n) is 11.1. The van der Waals surface area contributed by atoms with Gasteiger partial charge in [0.05, 0.1) is 0 Å². The second-order valence-corrected chi connectivity index (χ2v) is 5.18. The highest BCUT2D eigenvalue weighted by Gasteiger charge is 2.25. The van der Waals surface area contributed by atoms with Crippen molar-refractivity contribution < 1.29 is 0 Å². The molecule has 0 amide bonds. The molecule has 0 bridgehead atoms. The Morgan fingerprint density at radius 1 is 1.35 bits per heavy atom. The zero-order chi connectivity index (χ0) is 12.3. The standard InChI is InChI=1S/C15H24N2/c1-3-9-17(11-13-7-8-13)15-12(2)5-4-6-14(15)10-16/h4-6,13H,3,7-11,16H2,1-2H3. The van der Waals surface area contributed by atoms with E-state index >= 15 is 0 Å². The molecule has 0 aromatic heterocycles. The van der Waals surface area contributed by atoms with Crippen LogP contribution in [0, 0.1) is 12.8 Å². The van der Waals surface area contributed by atoms with E-state index in [1.54, 1.807) is 0 Å². The predicted molar refractivity (Wildman–Crippen MR) is 74.3 cm³/mol. The van der Waals surface area contributed by atoms with Crippen molar-refractivity contribution >= 4 is 5.69 Å². The van der Waals surface area contributed by atoms with Gasteiger partial charge in [-0.25, -0.2) is 0 Å². The van der Waals surface area contributed by atoms with Gasteiger partial charge in [-0.05, 0) is 43.2 Å². The minimum atomic E-state index is 0.641. The molecule has 0 saturated heterocycles. The molecule has 0 unspecified atom stereocenters. The van der Waals surface area contributed by atoms with Crippen LogP contribution in [0.1, 0.15) is 37.3 Å². The Labute approximate surface area is 105 Å². The molecule has 0 atom stereocenters. The van der Waals surface area contributed by atoms with Crippen LogP contribution in [-0.4, -0.2) is 13.1 Å². The van der Waals surface area contributed by atoms with Gasteiger partial charge in [-0.3, -0.25) is 0 Å². The molecule has 17 heavy (non-hydrogen) atoms. The van der Waals surface area contributed by atoms with E-state index in [1.807, 2.05) is 0 Å². The second kappa shape index (κ2) is 5.54. The van der Waals surface area contributed by atoms with Crippen molar-refractivity contribution in [1.82, 2.24) is 0 Å². The molecule has 2 rings (SSSR count). The highest BCUT2D eigenvalue weighted by Crippen LogP contribution is 2.33. The van der Waals surface area contributed by atoms with E-state index in [2.05, 4.69) is 36.9 Å². The van der Waals surface area contributed by atoms with Crippen LogP contribution in [0.5, 0.6) is 0 Å². The van der Waals surface area contributed by atoms with Crippen LogP contribution in [0.4, 0.5) is 5.69 Å². The van der Waals surface area contributed by atoms with Gasteiger partial charge in [0.2, 0.25) is 0 Å². The summed E-state index contributed by atoms with van der Waals surface area (Å²) >= 11 is 0. The Morgan fingerprint density at radius 2 is 2.12 bits per heavy atom. The largest absolute Gasteiger partial charge is 0.371 e. The average Bonchev–Trinajstić information content (AvgIpc) is 3.12. The minimum absolute atomic E-state index is 0.641. The van der Waals surface area contributed by atoms with E-state index in [4.69, 9.17) is 5.73 Å². The molecule has 1 fully saturated rings. The lowest BCUT2D eigenvalue weighted by atomic mass is 10.1. The molecule has 1 aromatic rings. The van der Waals surface area contributed by atoms with E-state index in [0.717, 1.165) is 12.5 Å². The summed E-state index contributed by atoms with van der Waals surface area (Å²) in [7, 11) is 0. The van der Waals surface area contributed by atoms with E-state index in [1.165, 1.54) is 42.6 Å². The van der Waals surface area contributed by atoms with Crippen LogP contribution in [0.3, 0.4) is 0 Å². The molecule has 2 nitrogen and oxygen atoms in total. The summed E-state index contributed by atoms with van der Waals surface area (Å²) in [6.45, 7) is 7.45. The molecular weight excluding hydrogens is 208 g/mol. The van der Waals surface area contributed by atoms with Crippen LogP contribution < -0.4 is 10.6 Å². The number of benzene rings is 1. The number of rotatable bonds is 6. The monoisotopic (exact) mass is 232 g/mol. The number of nitrogens with zero attached hydrogens (tertiary/aromatic N) is 1. The van der Waals surface area contributed by atoms with Crippen LogP contribution in [-0.2, 0) is 6.54 Å². The van der Waals surface area contributed by atoms with Crippen molar-refractivity contribution in [2.45, 2.75) is 39.7 Å². The maximum absolute atomic E-state index is 5.87. The van der Waals surface area contributed by atoms with Crippen LogP contribution in [0.25, 0.3) is 0 Å². The number of nitrogens with two attached hydrogens (primary N) is 1. The van der Waals surface area contributed by atoms with Gasteiger partial charge >= 0.3 is 0 Å². The summed E-state index contributed by atoms with van der Waals surface area (Å²) < 4.78 is 0. The summed E-state index contributed by atoms with van der Waals surface area (Å²) in [5, 5.41) is 0. The van der Waals surface area contributed by atoms with E-state index in [-0.39, 0.29) is 0 Å². The van der Waals surface area contributed by atoms with Gasteiger partial charge in [0.1, 0.15) is 0 Å². The lowest BCUT2D eigenvalue weighted by Crippen LogP contribution is -2.28. The Hall–Kier alpha value is -1.02. The molecule has 0 heterocycles. The Kier molecular flexibility index (Phi) is 4.06. The lowest BCUT2D eigenvalue weighted by Gasteiger charge is -2.28. The third-order valence-electron chi connectivity index (χ3n) is 3.53. The lowest BCUT2D eigenvalue weighted by molar-refractivity contribution is 0.702. The quantitative estimate of drug-likeness (QED) is 0.816. The average molecular weight is 232 g/mol. The second-order valence-electron chi connectivity index (χ2n) is 5.18. The van der Waals surface area contributed by atoms with Crippen molar-refractivity contribution in [3.8, 4) is 0 Å². The molecule has 0 spiro atoms. The van der Waals surface area contributed by atoms with Gasteiger partial charge < -0.3 is 10.6 Å². The SMILES string of the molecule is CCCN(CC1CC1)c1c(C)cccc1CN. The third-order valence-corrected chi connectivity index (χ3v) is 3.53. The van der Waals surface area contributed by atoms with E-state index in [0.29, 0.717) is 6.54 Å². The maximum atomic E-state index is 5.87. The summed E-state index contributed by atoms with van der Waals surface area (Å²) in [6.07, 6.45) is 4.01. The molecule has 1 saturated carbocycles. The first-order valence-corrected chi connectivity index (χ1v) is 6.79. The molecule has 0 aliphatic heterocycles. The van der Waals surface area contributed by atoms with Crippen molar-refractivity contribution in [2.24, 2.45) is 11.7 Å². The van der Waals surface area contributed by atoms with Gasteiger partial charge in [-0.1, -0.05) is 25.1 Å². The van der Waals surface area contributed by atoms with Crippen LogP contribution in [0.2, 0.25) is 0 Å². The molecule has 2 heteroatoms. The van der Waals surface area contributed by atoms with Gasteiger partial charge in [0, 0.05) is 25.3 Å². The third kappa shape index (κ3) is 3.01. The van der Waals surface area contributed by atoms with Crippen molar-refractivity contribution in [2.75, 3.05) is 18.0 Å². The normalized spacial score (nSPS) is 15.0. The fourth-order valence-corrected chi connectivity index (χ4v) is 2.51. The molecule has 1 aliphatic carbocycles. The Balaban J connectivity index is 2.25. The van der Waals surface area contributed by atoms with E-state index in [9.17, 15) is 0 Å². The predicted octanol–water partition coefficient (Wildman–Crippen LogP) is 3.08. The first-order chi connectivity index (χ1) is 8.26. The number of aryl methyl sites for hydroxylation is 1. The zero-order valence-corrected chi connectivity index (χ0v) is 11.1. The first kappa shape index (κ1) is 12.4. The topological polar surface area (TPSA) is 29.3 Å². The summed E-state index contributed by atoms with van der Waals surface area (Å²) in [5.41, 5.74) is 9.92. The van der Waals surface area contributed by atoms with E-state index < -0.39 is 0 Å². The molecule has 1 aromatic carbocycles. The summed E-state index contributed by atoms with van der Waals surface area (Å²) in [6, 6.07) is 6.48. The fourth-order valence-electron chi connectivity index (χ4n) is 2.51. The number of hydrogen-bond donors (Lipinski definition) is 1. The van der Waals surface area contributed by atoms with Crippen LogP contribution >= 0.6 is 0 Å². The van der Waals surface area contributed by atoms with Crippen LogP contribution in [0.15, 0.2) is 18.2 Å². The number of anilines is 1. The van der Waals surface area contributed by atoms with Gasteiger partial charge in [-0.2, -0.15) is 0 Å². The molecule has 0 radical (unpaired) electrons. The summed E-state index contributed by atoms with van der Waals surface area (Å²) in [5.74, 6) is 0.923. The number of hydrogen-bond acceptors (Lipinski definition) is 2. The smallest absolute Gasteiger partial charge is 0.0441 e. The minimum Gasteiger partial charge on any atom is -0.371 e. The maximum Gasteiger partial charge on any atom is 0.0441 e. The Morgan fingerprint density at radius 3 is 2.71 bits per heavy atom. The van der Waals surface area contributed by atoms with Gasteiger partial charge in [0.15, 0.2) is 0 Å². The highest BCUT2D eigenvalue weighted by atomic mass is 15.1. The molecule has 94 valence electrons. The van der Waals surface area contributed by atoms with Gasteiger partial charge in [-0.15, -0.1) is 0 Å². The summed E-state index contributed by atoms with van der Waals surface area (Å²) in [4.78, 5) is 2.55. The first-order valence-electron chi connectivity index (χ1n) is 6.79. The molecule has 1 aliphatic rings. The van der Waals surface area contributed by atoms with Gasteiger partial charge in [0.25, 0.3) is 0 Å². The van der Waals surface area contributed by atoms with Crippen molar-refractivity contribution in [1.29, 1.82) is 0 Å². The molecule has 2 N–H and O–H groups in total.